The van der Waals surface area contributed by atoms with Crippen LogP contribution in [-0.2, 0) is 6.54 Å². The Hall–Kier alpha value is -1.55. The first-order valence-corrected chi connectivity index (χ1v) is 9.29. The Morgan fingerprint density at radius 1 is 1.13 bits per heavy atom. The number of hydrogen-bond acceptors (Lipinski definition) is 2. The monoisotopic (exact) mass is 343 g/mol. The molecule has 0 fully saturated rings. The number of pyridine rings is 1. The maximum absolute atomic E-state index is 6.39. The zero-order valence-electron chi connectivity index (χ0n) is 13.3. The maximum Gasteiger partial charge on any atom is 0.138 e. The van der Waals surface area contributed by atoms with Crippen LogP contribution >= 0.6 is 23.4 Å². The summed E-state index contributed by atoms with van der Waals surface area (Å²) in [5, 5.41) is 4.04. The first-order chi connectivity index (χ1) is 11.2. The normalized spacial score (nSPS) is 12.5. The molecule has 2 aromatic carbocycles. The second-order valence-electron chi connectivity index (χ2n) is 5.64. The van der Waals surface area contributed by atoms with Gasteiger partial charge in [0, 0.05) is 21.4 Å². The van der Waals surface area contributed by atoms with Gasteiger partial charge in [-0.3, -0.25) is 0 Å². The maximum atomic E-state index is 6.39. The van der Waals surface area contributed by atoms with Crippen LogP contribution in [0.15, 0.2) is 59.5 Å². The molecule has 0 saturated heterocycles. The number of fused-ring (bicyclic) bond motifs is 1. The molecule has 1 aromatic heterocycles. The minimum Gasteiger partial charge on any atom is -0.336 e. The Morgan fingerprint density at radius 2 is 1.91 bits per heavy atom. The van der Waals surface area contributed by atoms with E-state index in [0.717, 1.165) is 23.0 Å². The predicted octanol–water partition coefficient (Wildman–Crippen LogP) is 4.43. The van der Waals surface area contributed by atoms with Crippen molar-refractivity contribution in [2.45, 2.75) is 24.4 Å². The van der Waals surface area contributed by atoms with Crippen LogP contribution in [0.1, 0.15) is 24.1 Å². The largest absolute Gasteiger partial charge is 0.336 e. The summed E-state index contributed by atoms with van der Waals surface area (Å²) in [6.07, 6.45) is 2.07. The Kier molecular flexibility index (Phi) is 5.21. The van der Waals surface area contributed by atoms with E-state index in [1.54, 1.807) is 11.8 Å². The van der Waals surface area contributed by atoms with Crippen LogP contribution in [0.4, 0.5) is 0 Å². The van der Waals surface area contributed by atoms with E-state index in [9.17, 15) is 0 Å². The molecule has 0 aliphatic carbocycles. The molecule has 0 unspecified atom stereocenters. The SMILES string of the molecule is CSc1ccc2cc(C[NH2+][C@@H](C)c3ccccc3)c(Cl)nc2c1. The third kappa shape index (κ3) is 3.86. The van der Waals surface area contributed by atoms with Crippen molar-refractivity contribution in [3.63, 3.8) is 0 Å². The van der Waals surface area contributed by atoms with Crippen LogP contribution in [0.3, 0.4) is 0 Å². The number of quaternary nitrogens is 1. The zero-order chi connectivity index (χ0) is 16.2. The number of thioether (sulfide) groups is 1. The highest BCUT2D eigenvalue weighted by atomic mass is 35.5. The second kappa shape index (κ2) is 7.35. The molecule has 4 heteroatoms. The predicted molar refractivity (Wildman–Crippen MR) is 99.0 cm³/mol. The van der Waals surface area contributed by atoms with Gasteiger partial charge in [0.15, 0.2) is 0 Å². The Morgan fingerprint density at radius 3 is 2.65 bits per heavy atom. The van der Waals surface area contributed by atoms with Crippen LogP contribution < -0.4 is 5.32 Å². The summed E-state index contributed by atoms with van der Waals surface area (Å²) in [5.41, 5.74) is 3.36. The second-order valence-corrected chi connectivity index (χ2v) is 6.87. The van der Waals surface area contributed by atoms with Gasteiger partial charge in [-0.25, -0.2) is 4.98 Å². The molecule has 3 rings (SSSR count). The van der Waals surface area contributed by atoms with Gasteiger partial charge in [0.05, 0.1) is 5.52 Å². The quantitative estimate of drug-likeness (QED) is 0.548. The number of aromatic nitrogens is 1. The molecule has 2 N–H and O–H groups in total. The minimum atomic E-state index is 0.391. The summed E-state index contributed by atoms with van der Waals surface area (Å²) >= 11 is 8.11. The third-order valence-corrected chi connectivity index (χ3v) is 5.12. The van der Waals surface area contributed by atoms with Crippen molar-refractivity contribution in [1.29, 1.82) is 0 Å². The molecule has 0 amide bonds. The molecule has 23 heavy (non-hydrogen) atoms. The summed E-state index contributed by atoms with van der Waals surface area (Å²) < 4.78 is 0. The van der Waals surface area contributed by atoms with E-state index < -0.39 is 0 Å². The van der Waals surface area contributed by atoms with Crippen LogP contribution in [0, 0.1) is 0 Å². The van der Waals surface area contributed by atoms with Gasteiger partial charge in [0.1, 0.15) is 17.7 Å². The average molecular weight is 344 g/mol. The summed E-state index contributed by atoms with van der Waals surface area (Å²) in [5.74, 6) is 0. The molecule has 2 nitrogen and oxygen atoms in total. The highest BCUT2D eigenvalue weighted by Crippen LogP contribution is 2.24. The highest BCUT2D eigenvalue weighted by Gasteiger charge is 2.11. The molecule has 0 spiro atoms. The van der Waals surface area contributed by atoms with Crippen LogP contribution in [0.2, 0.25) is 5.15 Å². The van der Waals surface area contributed by atoms with Crippen molar-refractivity contribution < 1.29 is 5.32 Å². The van der Waals surface area contributed by atoms with Gasteiger partial charge in [-0.1, -0.05) is 48.0 Å². The Bertz CT molecular complexity index is 805. The van der Waals surface area contributed by atoms with Gasteiger partial charge in [-0.05, 0) is 31.4 Å². The summed E-state index contributed by atoms with van der Waals surface area (Å²) in [7, 11) is 0. The third-order valence-electron chi connectivity index (χ3n) is 4.07. The lowest BCUT2D eigenvalue weighted by Gasteiger charge is -2.12. The van der Waals surface area contributed by atoms with Gasteiger partial charge in [0.25, 0.3) is 0 Å². The van der Waals surface area contributed by atoms with Crippen molar-refractivity contribution >= 4 is 34.3 Å². The van der Waals surface area contributed by atoms with E-state index in [4.69, 9.17) is 11.6 Å². The average Bonchev–Trinajstić information content (AvgIpc) is 2.60. The first-order valence-electron chi connectivity index (χ1n) is 7.69. The first kappa shape index (κ1) is 16.3. The van der Waals surface area contributed by atoms with E-state index in [2.05, 4.69) is 72.0 Å². The lowest BCUT2D eigenvalue weighted by Crippen LogP contribution is -2.83. The van der Waals surface area contributed by atoms with Crippen molar-refractivity contribution in [1.82, 2.24) is 4.98 Å². The summed E-state index contributed by atoms with van der Waals surface area (Å²) in [6.45, 7) is 3.03. The molecule has 1 atom stereocenters. The molecular formula is C19H20ClN2S+. The molecule has 0 saturated carbocycles. The molecule has 0 bridgehead atoms. The van der Waals surface area contributed by atoms with Crippen LogP contribution in [-0.4, -0.2) is 11.2 Å². The highest BCUT2D eigenvalue weighted by molar-refractivity contribution is 7.98. The van der Waals surface area contributed by atoms with E-state index in [-0.39, 0.29) is 0 Å². The molecule has 0 radical (unpaired) electrons. The molecular weight excluding hydrogens is 324 g/mol. The number of nitrogens with two attached hydrogens (primary N) is 1. The number of hydrogen-bond donors (Lipinski definition) is 1. The van der Waals surface area contributed by atoms with Crippen LogP contribution in [0.5, 0.6) is 0 Å². The van der Waals surface area contributed by atoms with Gasteiger partial charge in [-0.2, -0.15) is 0 Å². The number of nitrogens with zero attached hydrogens (tertiary/aromatic N) is 1. The van der Waals surface area contributed by atoms with Gasteiger partial charge >= 0.3 is 0 Å². The van der Waals surface area contributed by atoms with Crippen molar-refractivity contribution in [3.8, 4) is 0 Å². The van der Waals surface area contributed by atoms with E-state index in [1.165, 1.54) is 10.5 Å². The van der Waals surface area contributed by atoms with Gasteiger partial charge in [-0.15, -0.1) is 11.8 Å². The van der Waals surface area contributed by atoms with Gasteiger partial charge in [0.2, 0.25) is 0 Å². The van der Waals surface area contributed by atoms with E-state index in [0.29, 0.717) is 11.2 Å². The Labute approximate surface area is 146 Å². The summed E-state index contributed by atoms with van der Waals surface area (Å²) in [6, 6.07) is 19.4. The number of benzene rings is 2. The van der Waals surface area contributed by atoms with Crippen LogP contribution in [0.25, 0.3) is 10.9 Å². The molecule has 118 valence electrons. The lowest BCUT2D eigenvalue weighted by atomic mass is 10.1. The zero-order valence-corrected chi connectivity index (χ0v) is 14.9. The van der Waals surface area contributed by atoms with E-state index >= 15 is 0 Å². The standard InChI is InChI=1S/C19H19ClN2S/c1-13(14-6-4-3-5-7-14)21-12-16-10-15-8-9-17(23-2)11-18(15)22-19(16)20/h3-11,13,21H,12H2,1-2H3/p+1/t13-/m0/s1. The fraction of sp³-hybridized carbons (Fsp3) is 0.211. The summed E-state index contributed by atoms with van der Waals surface area (Å²) in [4.78, 5) is 5.77. The van der Waals surface area contributed by atoms with Gasteiger partial charge < -0.3 is 5.32 Å². The number of rotatable bonds is 5. The molecule has 3 aromatic rings. The molecule has 0 aliphatic heterocycles. The lowest BCUT2D eigenvalue weighted by molar-refractivity contribution is -0.707. The van der Waals surface area contributed by atoms with Crippen molar-refractivity contribution in [2.75, 3.05) is 6.26 Å². The molecule has 0 aliphatic rings. The van der Waals surface area contributed by atoms with E-state index in [1.807, 2.05) is 6.07 Å². The smallest absolute Gasteiger partial charge is 0.138 e. The van der Waals surface area contributed by atoms with Crippen molar-refractivity contribution in [3.05, 3.63) is 70.9 Å². The minimum absolute atomic E-state index is 0.391. The number of halogens is 1. The topological polar surface area (TPSA) is 29.5 Å². The van der Waals surface area contributed by atoms with Crippen molar-refractivity contribution in [2.24, 2.45) is 0 Å². The Balaban J connectivity index is 1.79. The fourth-order valence-corrected chi connectivity index (χ4v) is 3.29. The molecule has 1 heterocycles. The fourth-order valence-electron chi connectivity index (χ4n) is 2.63.